The van der Waals surface area contributed by atoms with Crippen LogP contribution in [0.3, 0.4) is 0 Å². The highest BCUT2D eigenvalue weighted by Crippen LogP contribution is 2.18. The molecule has 2 N–H and O–H groups in total. The Balaban J connectivity index is 1.53. The lowest BCUT2D eigenvalue weighted by molar-refractivity contribution is 0.251. The largest absolute Gasteiger partial charge is 0.357 e. The van der Waals surface area contributed by atoms with Crippen LogP contribution in [0.1, 0.15) is 31.7 Å². The summed E-state index contributed by atoms with van der Waals surface area (Å²) in [6.07, 6.45) is 9.00. The monoisotopic (exact) mass is 328 g/mol. The molecule has 1 saturated heterocycles. The van der Waals surface area contributed by atoms with E-state index in [2.05, 4.69) is 31.7 Å². The van der Waals surface area contributed by atoms with Gasteiger partial charge < -0.3 is 15.5 Å². The molecule has 2 aromatic heterocycles. The van der Waals surface area contributed by atoms with E-state index >= 15 is 0 Å². The number of pyridine rings is 1. The van der Waals surface area contributed by atoms with Gasteiger partial charge in [0, 0.05) is 38.6 Å². The van der Waals surface area contributed by atoms with Crippen LogP contribution in [0, 0.1) is 0 Å². The molecule has 0 spiro atoms. The predicted molar refractivity (Wildman–Crippen MR) is 94.1 cm³/mol. The molecule has 0 atom stereocenters. The third-order valence-electron chi connectivity index (χ3n) is 4.16. The van der Waals surface area contributed by atoms with E-state index in [1.165, 1.54) is 19.3 Å². The van der Waals surface area contributed by atoms with Gasteiger partial charge in [-0.05, 0) is 43.9 Å². The van der Waals surface area contributed by atoms with Crippen molar-refractivity contribution in [3.63, 3.8) is 0 Å². The fourth-order valence-electron chi connectivity index (χ4n) is 2.83. The average Bonchev–Trinajstić information content (AvgIpc) is 3.08. The fraction of sp³-hybridized carbons (Fsp3) is 0.471. The number of carbonyl (C=O) groups is 1. The summed E-state index contributed by atoms with van der Waals surface area (Å²) in [5.74, 6) is 0.999. The highest BCUT2D eigenvalue weighted by molar-refractivity contribution is 5.88. The molecule has 0 saturated carbocycles. The van der Waals surface area contributed by atoms with E-state index in [9.17, 15) is 4.79 Å². The average molecular weight is 328 g/mol. The molecule has 7 nitrogen and oxygen atoms in total. The minimum atomic E-state index is -0.234. The number of amides is 2. The Morgan fingerprint density at radius 1 is 1.29 bits per heavy atom. The second kappa shape index (κ2) is 7.81. The lowest BCUT2D eigenvalue weighted by Gasteiger charge is -2.27. The molecule has 1 aliphatic rings. The van der Waals surface area contributed by atoms with E-state index in [-0.39, 0.29) is 6.03 Å². The van der Waals surface area contributed by atoms with Crippen molar-refractivity contribution in [2.75, 3.05) is 23.3 Å². The van der Waals surface area contributed by atoms with Crippen LogP contribution in [0.15, 0.2) is 30.7 Å². The Labute approximate surface area is 142 Å². The first-order valence-corrected chi connectivity index (χ1v) is 8.52. The number of carbonyl (C=O) groups excluding carboxylic acids is 1. The van der Waals surface area contributed by atoms with Gasteiger partial charge in [0.1, 0.15) is 5.82 Å². The van der Waals surface area contributed by atoms with Crippen molar-refractivity contribution < 1.29 is 4.79 Å². The van der Waals surface area contributed by atoms with E-state index < -0.39 is 0 Å². The quantitative estimate of drug-likeness (QED) is 0.885. The van der Waals surface area contributed by atoms with Crippen molar-refractivity contribution in [3.05, 3.63) is 36.3 Å². The number of nitrogens with zero attached hydrogens (tertiary/aromatic N) is 4. The first-order valence-electron chi connectivity index (χ1n) is 8.52. The second-order valence-electron chi connectivity index (χ2n) is 5.96. The van der Waals surface area contributed by atoms with Gasteiger partial charge in [-0.2, -0.15) is 5.10 Å². The van der Waals surface area contributed by atoms with Gasteiger partial charge in [0.05, 0.1) is 11.9 Å². The van der Waals surface area contributed by atoms with Crippen LogP contribution in [0.5, 0.6) is 0 Å². The molecule has 2 aromatic rings. The lowest BCUT2D eigenvalue weighted by Crippen LogP contribution is -2.30. The molecule has 7 heteroatoms. The Bertz CT molecular complexity index is 677. The maximum absolute atomic E-state index is 12.0. The number of hydrogen-bond donors (Lipinski definition) is 2. The SMILES string of the molecule is CCn1cc(NC(=O)NCc2ccnc(N3CCCCC3)c2)cn1. The minimum absolute atomic E-state index is 0.234. The van der Waals surface area contributed by atoms with Crippen molar-refractivity contribution in [2.45, 2.75) is 39.3 Å². The third-order valence-corrected chi connectivity index (χ3v) is 4.16. The van der Waals surface area contributed by atoms with Gasteiger partial charge in [0.2, 0.25) is 0 Å². The number of aromatic nitrogens is 3. The molecule has 0 aromatic carbocycles. The van der Waals surface area contributed by atoms with Gasteiger partial charge in [-0.25, -0.2) is 9.78 Å². The summed E-state index contributed by atoms with van der Waals surface area (Å²) < 4.78 is 1.77. The van der Waals surface area contributed by atoms with Crippen LogP contribution in [0.4, 0.5) is 16.3 Å². The fourth-order valence-corrected chi connectivity index (χ4v) is 2.83. The number of rotatable bonds is 5. The Kier molecular flexibility index (Phi) is 5.30. The molecule has 1 fully saturated rings. The van der Waals surface area contributed by atoms with E-state index in [1.54, 1.807) is 17.1 Å². The maximum atomic E-state index is 12.0. The molecule has 0 aliphatic carbocycles. The zero-order valence-electron chi connectivity index (χ0n) is 14.0. The summed E-state index contributed by atoms with van der Waals surface area (Å²) in [5.41, 5.74) is 1.74. The summed E-state index contributed by atoms with van der Waals surface area (Å²) in [5, 5.41) is 9.79. The van der Waals surface area contributed by atoms with Crippen molar-refractivity contribution in [1.82, 2.24) is 20.1 Å². The van der Waals surface area contributed by atoms with Gasteiger partial charge in [-0.3, -0.25) is 4.68 Å². The summed E-state index contributed by atoms with van der Waals surface area (Å²) in [6, 6.07) is 3.76. The van der Waals surface area contributed by atoms with Crippen molar-refractivity contribution in [1.29, 1.82) is 0 Å². The van der Waals surface area contributed by atoms with Crippen molar-refractivity contribution >= 4 is 17.5 Å². The number of aryl methyl sites for hydroxylation is 1. The molecule has 24 heavy (non-hydrogen) atoms. The molecule has 0 unspecified atom stereocenters. The van der Waals surface area contributed by atoms with Gasteiger partial charge >= 0.3 is 6.03 Å². The number of nitrogens with one attached hydrogen (secondary N) is 2. The van der Waals surface area contributed by atoms with E-state index in [1.807, 2.05) is 19.2 Å². The van der Waals surface area contributed by atoms with Crippen LogP contribution in [0.2, 0.25) is 0 Å². The normalized spacial score (nSPS) is 14.5. The zero-order valence-corrected chi connectivity index (χ0v) is 14.0. The number of piperidine rings is 1. The smallest absolute Gasteiger partial charge is 0.319 e. The number of urea groups is 1. The highest BCUT2D eigenvalue weighted by Gasteiger charge is 2.12. The standard InChI is InChI=1S/C17H24N6O/c1-2-23-13-15(12-20-23)21-17(24)19-11-14-6-7-18-16(10-14)22-8-4-3-5-9-22/h6-7,10,12-13H,2-5,8-9,11H2,1H3,(H2,19,21,24). The topological polar surface area (TPSA) is 75.1 Å². The van der Waals surface area contributed by atoms with E-state index in [4.69, 9.17) is 0 Å². The summed E-state index contributed by atoms with van der Waals surface area (Å²) in [7, 11) is 0. The van der Waals surface area contributed by atoms with Gasteiger partial charge in [-0.15, -0.1) is 0 Å². The summed E-state index contributed by atoms with van der Waals surface area (Å²) in [4.78, 5) is 18.8. The van der Waals surface area contributed by atoms with Crippen LogP contribution in [-0.4, -0.2) is 33.9 Å². The lowest BCUT2D eigenvalue weighted by atomic mass is 10.1. The van der Waals surface area contributed by atoms with Gasteiger partial charge in [-0.1, -0.05) is 0 Å². The molecule has 3 heterocycles. The van der Waals surface area contributed by atoms with E-state index in [0.29, 0.717) is 12.2 Å². The number of anilines is 2. The van der Waals surface area contributed by atoms with E-state index in [0.717, 1.165) is 31.0 Å². The molecule has 1 aliphatic heterocycles. The van der Waals surface area contributed by atoms with Crippen molar-refractivity contribution in [3.8, 4) is 0 Å². The Hall–Kier alpha value is -2.57. The molecule has 0 bridgehead atoms. The molecule has 2 amide bonds. The van der Waals surface area contributed by atoms with Gasteiger partial charge in [0.25, 0.3) is 0 Å². The third kappa shape index (κ3) is 4.24. The molecule has 0 radical (unpaired) electrons. The van der Waals surface area contributed by atoms with Crippen molar-refractivity contribution in [2.24, 2.45) is 0 Å². The van der Waals surface area contributed by atoms with Gasteiger partial charge in [0.15, 0.2) is 0 Å². The second-order valence-corrected chi connectivity index (χ2v) is 5.96. The molecular weight excluding hydrogens is 304 g/mol. The summed E-state index contributed by atoms with van der Waals surface area (Å²) in [6.45, 7) is 5.37. The molecular formula is C17H24N6O. The first-order chi connectivity index (χ1) is 11.7. The molecule has 128 valence electrons. The van der Waals surface area contributed by atoms with Crippen LogP contribution in [-0.2, 0) is 13.1 Å². The first kappa shape index (κ1) is 16.3. The van der Waals surface area contributed by atoms with Crippen LogP contribution < -0.4 is 15.5 Å². The Morgan fingerprint density at radius 2 is 2.12 bits per heavy atom. The maximum Gasteiger partial charge on any atom is 0.319 e. The Morgan fingerprint density at radius 3 is 2.88 bits per heavy atom. The zero-order chi connectivity index (χ0) is 16.8. The minimum Gasteiger partial charge on any atom is -0.357 e. The van der Waals surface area contributed by atoms with Crippen LogP contribution in [0.25, 0.3) is 0 Å². The summed E-state index contributed by atoms with van der Waals surface area (Å²) >= 11 is 0. The predicted octanol–water partition coefficient (Wildman–Crippen LogP) is 2.61. The molecule has 3 rings (SSSR count). The highest BCUT2D eigenvalue weighted by atomic mass is 16.2. The number of hydrogen-bond acceptors (Lipinski definition) is 4. The van der Waals surface area contributed by atoms with Crippen LogP contribution >= 0.6 is 0 Å².